The van der Waals surface area contributed by atoms with Crippen molar-refractivity contribution in [3.63, 3.8) is 0 Å². The van der Waals surface area contributed by atoms with E-state index in [1.165, 1.54) is 0 Å². The van der Waals surface area contributed by atoms with Crippen LogP contribution in [0.4, 0.5) is 13.2 Å². The molecule has 0 spiro atoms. The third-order valence-electron chi connectivity index (χ3n) is 2.13. The van der Waals surface area contributed by atoms with Gasteiger partial charge in [-0.2, -0.15) is 13.2 Å². The molecule has 0 unspecified atom stereocenters. The minimum Gasteiger partial charge on any atom is -0.303 e. The summed E-state index contributed by atoms with van der Waals surface area (Å²) in [4.78, 5) is 9.88. The highest BCUT2D eigenvalue weighted by molar-refractivity contribution is 5.49. The van der Waals surface area contributed by atoms with Crippen LogP contribution in [0.1, 0.15) is 19.3 Å². The second kappa shape index (κ2) is 2.83. The van der Waals surface area contributed by atoms with Gasteiger partial charge in [0.05, 0.1) is 5.92 Å². The van der Waals surface area contributed by atoms with Gasteiger partial charge in [-0.05, 0) is 18.8 Å². The lowest BCUT2D eigenvalue weighted by Crippen LogP contribution is -2.35. The Labute approximate surface area is 62.6 Å². The summed E-state index contributed by atoms with van der Waals surface area (Å²) in [6, 6.07) is 0. The van der Waals surface area contributed by atoms with Crippen LogP contribution in [0.2, 0.25) is 0 Å². The number of carbonyl (C=O) groups excluding carboxylic acids is 1. The minimum absolute atomic E-state index is 0.0147. The lowest BCUT2D eigenvalue weighted by atomic mass is 9.73. The van der Waals surface area contributed by atoms with Gasteiger partial charge in [0.1, 0.15) is 6.29 Å². The maximum atomic E-state index is 11.8. The highest BCUT2D eigenvalue weighted by Gasteiger charge is 2.47. The van der Waals surface area contributed by atoms with Crippen LogP contribution in [0.3, 0.4) is 0 Å². The second-order valence-electron chi connectivity index (χ2n) is 2.98. The molecular formula is C7H9F3O. The quantitative estimate of drug-likeness (QED) is 0.574. The molecule has 1 aliphatic carbocycles. The third kappa shape index (κ3) is 1.94. The van der Waals surface area contributed by atoms with Crippen LogP contribution in [0, 0.1) is 11.8 Å². The van der Waals surface area contributed by atoms with Crippen LogP contribution in [0.15, 0.2) is 0 Å². The van der Waals surface area contributed by atoms with E-state index >= 15 is 0 Å². The van der Waals surface area contributed by atoms with Gasteiger partial charge in [0.2, 0.25) is 0 Å². The summed E-state index contributed by atoms with van der Waals surface area (Å²) in [5.74, 6) is -1.16. The Balaban J connectivity index is 2.24. The fraction of sp³-hybridized carbons (Fsp3) is 0.857. The zero-order valence-corrected chi connectivity index (χ0v) is 5.90. The van der Waals surface area contributed by atoms with Gasteiger partial charge in [0.25, 0.3) is 0 Å². The third-order valence-corrected chi connectivity index (χ3v) is 2.13. The van der Waals surface area contributed by atoms with E-state index in [1.807, 2.05) is 0 Å². The van der Waals surface area contributed by atoms with Crippen molar-refractivity contribution in [1.82, 2.24) is 0 Å². The standard InChI is InChI=1S/C7H9F3O/c8-7(9,10)6-3-5(4-6)1-2-11/h2,5-6H,1,3-4H2. The molecule has 1 saturated carbocycles. The summed E-state index contributed by atoms with van der Waals surface area (Å²) in [6.07, 6.45) is -2.78. The monoisotopic (exact) mass is 166 g/mol. The molecule has 0 aromatic rings. The molecule has 1 rings (SSSR count). The summed E-state index contributed by atoms with van der Waals surface area (Å²) in [5, 5.41) is 0. The Morgan fingerprint density at radius 1 is 1.36 bits per heavy atom. The normalized spacial score (nSPS) is 31.2. The van der Waals surface area contributed by atoms with Crippen molar-refractivity contribution in [2.24, 2.45) is 11.8 Å². The fourth-order valence-corrected chi connectivity index (χ4v) is 1.33. The van der Waals surface area contributed by atoms with Gasteiger partial charge in [-0.15, -0.1) is 0 Å². The summed E-state index contributed by atoms with van der Waals surface area (Å²) in [7, 11) is 0. The average molecular weight is 166 g/mol. The van der Waals surface area contributed by atoms with Gasteiger partial charge in [-0.3, -0.25) is 0 Å². The number of aldehydes is 1. The number of hydrogen-bond acceptors (Lipinski definition) is 1. The zero-order valence-electron chi connectivity index (χ0n) is 5.90. The first-order valence-corrected chi connectivity index (χ1v) is 3.54. The van der Waals surface area contributed by atoms with Gasteiger partial charge in [-0.1, -0.05) is 0 Å². The number of carbonyl (C=O) groups is 1. The van der Waals surface area contributed by atoms with Crippen molar-refractivity contribution in [1.29, 1.82) is 0 Å². The Morgan fingerprint density at radius 3 is 2.27 bits per heavy atom. The van der Waals surface area contributed by atoms with E-state index in [4.69, 9.17) is 0 Å². The first kappa shape index (κ1) is 8.56. The SMILES string of the molecule is O=CCC1CC(C(F)(F)F)C1. The molecule has 0 N–H and O–H groups in total. The molecule has 0 radical (unpaired) electrons. The first-order valence-electron chi connectivity index (χ1n) is 3.54. The molecule has 64 valence electrons. The molecule has 0 atom stereocenters. The Hall–Kier alpha value is -0.540. The Morgan fingerprint density at radius 2 is 1.91 bits per heavy atom. The van der Waals surface area contributed by atoms with Crippen LogP contribution in [-0.4, -0.2) is 12.5 Å². The average Bonchev–Trinajstić information content (AvgIpc) is 1.74. The van der Waals surface area contributed by atoms with Crippen LogP contribution >= 0.6 is 0 Å². The lowest BCUT2D eigenvalue weighted by molar-refractivity contribution is -0.204. The Kier molecular flexibility index (Phi) is 2.20. The topological polar surface area (TPSA) is 17.1 Å². The molecule has 0 aromatic heterocycles. The van der Waals surface area contributed by atoms with E-state index in [9.17, 15) is 18.0 Å². The van der Waals surface area contributed by atoms with Gasteiger partial charge >= 0.3 is 6.18 Å². The maximum Gasteiger partial charge on any atom is 0.391 e. The zero-order chi connectivity index (χ0) is 8.48. The molecule has 0 saturated heterocycles. The number of hydrogen-bond donors (Lipinski definition) is 0. The molecular weight excluding hydrogens is 157 g/mol. The summed E-state index contributed by atoms with van der Waals surface area (Å²) < 4.78 is 35.5. The summed E-state index contributed by atoms with van der Waals surface area (Å²) in [6.45, 7) is 0. The highest BCUT2D eigenvalue weighted by atomic mass is 19.4. The van der Waals surface area contributed by atoms with E-state index in [-0.39, 0.29) is 25.2 Å². The molecule has 0 heterocycles. The van der Waals surface area contributed by atoms with E-state index in [2.05, 4.69) is 0 Å². The molecule has 0 aromatic carbocycles. The smallest absolute Gasteiger partial charge is 0.303 e. The van der Waals surface area contributed by atoms with Gasteiger partial charge in [0, 0.05) is 6.42 Å². The molecule has 0 amide bonds. The van der Waals surface area contributed by atoms with Crippen LogP contribution in [-0.2, 0) is 4.79 Å². The molecule has 0 aliphatic heterocycles. The predicted molar refractivity (Wildman–Crippen MR) is 32.9 cm³/mol. The minimum atomic E-state index is -4.04. The molecule has 1 aliphatic rings. The Bertz CT molecular complexity index is 146. The van der Waals surface area contributed by atoms with Crippen molar-refractivity contribution >= 4 is 6.29 Å². The first-order chi connectivity index (χ1) is 5.04. The number of halogens is 3. The molecule has 4 heteroatoms. The molecule has 11 heavy (non-hydrogen) atoms. The summed E-state index contributed by atoms with van der Waals surface area (Å²) in [5.41, 5.74) is 0. The lowest BCUT2D eigenvalue weighted by Gasteiger charge is -2.35. The van der Waals surface area contributed by atoms with Crippen LogP contribution in [0.25, 0.3) is 0 Å². The van der Waals surface area contributed by atoms with E-state index in [1.54, 1.807) is 0 Å². The number of rotatable bonds is 2. The second-order valence-corrected chi connectivity index (χ2v) is 2.98. The van der Waals surface area contributed by atoms with Gasteiger partial charge in [0.15, 0.2) is 0 Å². The van der Waals surface area contributed by atoms with Gasteiger partial charge < -0.3 is 4.79 Å². The molecule has 1 fully saturated rings. The van der Waals surface area contributed by atoms with Crippen LogP contribution in [0.5, 0.6) is 0 Å². The van der Waals surface area contributed by atoms with Crippen molar-refractivity contribution < 1.29 is 18.0 Å². The van der Waals surface area contributed by atoms with Crippen molar-refractivity contribution in [3.8, 4) is 0 Å². The fourth-order valence-electron chi connectivity index (χ4n) is 1.33. The largest absolute Gasteiger partial charge is 0.391 e. The van der Waals surface area contributed by atoms with E-state index in [0.717, 1.165) is 0 Å². The highest BCUT2D eigenvalue weighted by Crippen LogP contribution is 2.45. The molecule has 0 bridgehead atoms. The predicted octanol–water partition coefficient (Wildman–Crippen LogP) is 2.16. The maximum absolute atomic E-state index is 11.8. The van der Waals surface area contributed by atoms with E-state index < -0.39 is 12.1 Å². The number of alkyl halides is 3. The van der Waals surface area contributed by atoms with Gasteiger partial charge in [-0.25, -0.2) is 0 Å². The van der Waals surface area contributed by atoms with Crippen molar-refractivity contribution in [2.45, 2.75) is 25.4 Å². The van der Waals surface area contributed by atoms with Crippen molar-refractivity contribution in [2.75, 3.05) is 0 Å². The summed E-state index contributed by atoms with van der Waals surface area (Å²) >= 11 is 0. The van der Waals surface area contributed by atoms with Crippen LogP contribution < -0.4 is 0 Å². The van der Waals surface area contributed by atoms with Crippen molar-refractivity contribution in [3.05, 3.63) is 0 Å². The van der Waals surface area contributed by atoms with E-state index in [0.29, 0.717) is 6.29 Å². The molecule has 1 nitrogen and oxygen atoms in total.